The van der Waals surface area contributed by atoms with Crippen molar-refractivity contribution in [1.82, 2.24) is 9.80 Å². The van der Waals surface area contributed by atoms with E-state index in [-0.39, 0.29) is 11.6 Å². The van der Waals surface area contributed by atoms with Gasteiger partial charge in [-0.2, -0.15) is 0 Å². The molecule has 1 aliphatic rings. The van der Waals surface area contributed by atoms with E-state index in [1.165, 1.54) is 12.1 Å². The Hall–Kier alpha value is -2.05. The maximum atomic E-state index is 13.7. The standard InChI is InChI=1S/C18H19F2N3S/c19-15-5-3-4-14(12-15)13-22-8-10-23(11-9-22)18(24)21-17-7-2-1-6-16(17)20/h1-7,12H,8-11,13H2,(H,21,24). The Morgan fingerprint density at radius 3 is 2.46 bits per heavy atom. The van der Waals surface area contributed by atoms with Crippen LogP contribution in [0.25, 0.3) is 0 Å². The smallest absolute Gasteiger partial charge is 0.173 e. The summed E-state index contributed by atoms with van der Waals surface area (Å²) in [6.07, 6.45) is 0. The summed E-state index contributed by atoms with van der Waals surface area (Å²) < 4.78 is 26.9. The van der Waals surface area contributed by atoms with Crippen LogP contribution in [0, 0.1) is 11.6 Å². The molecule has 0 amide bonds. The van der Waals surface area contributed by atoms with E-state index in [1.807, 2.05) is 11.0 Å². The van der Waals surface area contributed by atoms with Crippen LogP contribution in [0.5, 0.6) is 0 Å². The molecule has 126 valence electrons. The molecule has 0 aromatic heterocycles. The number of hydrogen-bond donors (Lipinski definition) is 1. The molecule has 1 aliphatic heterocycles. The van der Waals surface area contributed by atoms with Gasteiger partial charge in [-0.15, -0.1) is 0 Å². The predicted molar refractivity (Wildman–Crippen MR) is 95.9 cm³/mol. The fraction of sp³-hybridized carbons (Fsp3) is 0.278. The number of para-hydroxylation sites is 1. The van der Waals surface area contributed by atoms with Crippen molar-refractivity contribution in [2.75, 3.05) is 31.5 Å². The highest BCUT2D eigenvalue weighted by Gasteiger charge is 2.19. The zero-order chi connectivity index (χ0) is 16.9. The molecule has 0 unspecified atom stereocenters. The van der Waals surface area contributed by atoms with Crippen molar-refractivity contribution in [2.24, 2.45) is 0 Å². The van der Waals surface area contributed by atoms with Gasteiger partial charge in [-0.3, -0.25) is 4.90 Å². The van der Waals surface area contributed by atoms with Crippen LogP contribution in [0.4, 0.5) is 14.5 Å². The molecule has 1 N–H and O–H groups in total. The Balaban J connectivity index is 1.51. The first-order valence-electron chi connectivity index (χ1n) is 7.89. The van der Waals surface area contributed by atoms with E-state index in [0.717, 1.165) is 38.3 Å². The summed E-state index contributed by atoms with van der Waals surface area (Å²) in [5, 5.41) is 3.50. The van der Waals surface area contributed by atoms with Crippen LogP contribution in [0.3, 0.4) is 0 Å². The molecule has 0 bridgehead atoms. The number of nitrogens with one attached hydrogen (secondary N) is 1. The van der Waals surface area contributed by atoms with Crippen LogP contribution in [0.1, 0.15) is 5.56 Å². The van der Waals surface area contributed by atoms with Gasteiger partial charge in [0.05, 0.1) is 5.69 Å². The Kier molecular flexibility index (Phi) is 5.37. The summed E-state index contributed by atoms with van der Waals surface area (Å²) in [6.45, 7) is 3.90. The topological polar surface area (TPSA) is 18.5 Å². The molecular formula is C18H19F2N3S. The number of benzene rings is 2. The van der Waals surface area contributed by atoms with Crippen LogP contribution in [0.15, 0.2) is 48.5 Å². The minimum atomic E-state index is -0.315. The van der Waals surface area contributed by atoms with Gasteiger partial charge in [-0.25, -0.2) is 8.78 Å². The van der Waals surface area contributed by atoms with Crippen LogP contribution in [-0.4, -0.2) is 41.1 Å². The number of thiocarbonyl (C=S) groups is 1. The van der Waals surface area contributed by atoms with Crippen molar-refractivity contribution in [3.05, 3.63) is 65.7 Å². The molecule has 2 aromatic rings. The minimum Gasteiger partial charge on any atom is -0.346 e. The predicted octanol–water partition coefficient (Wildman–Crippen LogP) is 3.48. The maximum absolute atomic E-state index is 13.7. The molecular weight excluding hydrogens is 328 g/mol. The average Bonchev–Trinajstić information content (AvgIpc) is 2.57. The summed E-state index contributed by atoms with van der Waals surface area (Å²) in [6, 6.07) is 13.2. The molecule has 1 saturated heterocycles. The SMILES string of the molecule is Fc1cccc(CN2CCN(C(=S)Nc3ccccc3F)CC2)c1. The third-order valence-electron chi connectivity index (χ3n) is 4.07. The van der Waals surface area contributed by atoms with Crippen molar-refractivity contribution in [3.8, 4) is 0 Å². The Labute approximate surface area is 145 Å². The third-order valence-corrected chi connectivity index (χ3v) is 4.43. The second-order valence-electron chi connectivity index (χ2n) is 5.80. The number of rotatable bonds is 3. The zero-order valence-electron chi connectivity index (χ0n) is 13.2. The van der Waals surface area contributed by atoms with E-state index >= 15 is 0 Å². The van der Waals surface area contributed by atoms with Gasteiger partial charge in [0.25, 0.3) is 0 Å². The van der Waals surface area contributed by atoms with Gasteiger partial charge >= 0.3 is 0 Å². The van der Waals surface area contributed by atoms with Crippen molar-refractivity contribution >= 4 is 23.0 Å². The maximum Gasteiger partial charge on any atom is 0.173 e. The summed E-state index contributed by atoms with van der Waals surface area (Å²) in [7, 11) is 0. The summed E-state index contributed by atoms with van der Waals surface area (Å²) >= 11 is 5.38. The minimum absolute atomic E-state index is 0.207. The second-order valence-corrected chi connectivity index (χ2v) is 6.19. The largest absolute Gasteiger partial charge is 0.346 e. The first-order chi connectivity index (χ1) is 11.6. The molecule has 0 radical (unpaired) electrons. The van der Waals surface area contributed by atoms with E-state index in [0.29, 0.717) is 10.8 Å². The van der Waals surface area contributed by atoms with E-state index in [9.17, 15) is 8.78 Å². The molecule has 3 nitrogen and oxygen atoms in total. The third kappa shape index (κ3) is 4.27. The molecule has 24 heavy (non-hydrogen) atoms. The van der Waals surface area contributed by atoms with Crippen molar-refractivity contribution in [1.29, 1.82) is 0 Å². The molecule has 1 heterocycles. The molecule has 1 fully saturated rings. The fourth-order valence-electron chi connectivity index (χ4n) is 2.76. The lowest BCUT2D eigenvalue weighted by Gasteiger charge is -2.36. The van der Waals surface area contributed by atoms with Gasteiger partial charge in [-0.05, 0) is 42.0 Å². The zero-order valence-corrected chi connectivity index (χ0v) is 14.0. The fourth-order valence-corrected chi connectivity index (χ4v) is 3.05. The molecule has 2 aromatic carbocycles. The lowest BCUT2D eigenvalue weighted by Crippen LogP contribution is -2.49. The first kappa shape index (κ1) is 16.8. The number of hydrogen-bond acceptors (Lipinski definition) is 2. The van der Waals surface area contributed by atoms with Crippen LogP contribution < -0.4 is 5.32 Å². The van der Waals surface area contributed by atoms with E-state index < -0.39 is 0 Å². The van der Waals surface area contributed by atoms with Crippen LogP contribution in [-0.2, 0) is 6.54 Å². The van der Waals surface area contributed by atoms with Crippen molar-refractivity contribution in [2.45, 2.75) is 6.54 Å². The van der Waals surface area contributed by atoms with Crippen molar-refractivity contribution < 1.29 is 8.78 Å². The first-order valence-corrected chi connectivity index (χ1v) is 8.30. The lowest BCUT2D eigenvalue weighted by molar-refractivity contribution is 0.177. The number of nitrogens with zero attached hydrogens (tertiary/aromatic N) is 2. The molecule has 0 atom stereocenters. The Morgan fingerprint density at radius 1 is 1.00 bits per heavy atom. The van der Waals surface area contributed by atoms with E-state index in [2.05, 4.69) is 10.2 Å². The van der Waals surface area contributed by atoms with Crippen LogP contribution >= 0.6 is 12.2 Å². The van der Waals surface area contributed by atoms with Crippen molar-refractivity contribution in [3.63, 3.8) is 0 Å². The Morgan fingerprint density at radius 2 is 1.75 bits per heavy atom. The lowest BCUT2D eigenvalue weighted by atomic mass is 10.2. The normalized spacial score (nSPS) is 15.3. The quantitative estimate of drug-likeness (QED) is 0.857. The molecule has 0 aliphatic carbocycles. The molecule has 0 spiro atoms. The highest BCUT2D eigenvalue weighted by molar-refractivity contribution is 7.80. The highest BCUT2D eigenvalue weighted by atomic mass is 32.1. The van der Waals surface area contributed by atoms with Crippen LogP contribution in [0.2, 0.25) is 0 Å². The van der Waals surface area contributed by atoms with E-state index in [4.69, 9.17) is 12.2 Å². The van der Waals surface area contributed by atoms with Gasteiger partial charge in [0.15, 0.2) is 5.11 Å². The number of piperazine rings is 1. The highest BCUT2D eigenvalue weighted by Crippen LogP contribution is 2.15. The molecule has 0 saturated carbocycles. The summed E-state index contributed by atoms with van der Waals surface area (Å²) in [5.74, 6) is -0.522. The number of anilines is 1. The molecule has 3 rings (SSSR count). The Bertz CT molecular complexity index is 715. The van der Waals surface area contributed by atoms with Gasteiger partial charge in [-0.1, -0.05) is 24.3 Å². The van der Waals surface area contributed by atoms with Gasteiger partial charge in [0, 0.05) is 32.7 Å². The second kappa shape index (κ2) is 7.68. The average molecular weight is 347 g/mol. The van der Waals surface area contributed by atoms with Gasteiger partial charge < -0.3 is 10.2 Å². The van der Waals surface area contributed by atoms with Gasteiger partial charge in [0.1, 0.15) is 11.6 Å². The molecule has 6 heteroatoms. The monoisotopic (exact) mass is 347 g/mol. The summed E-state index contributed by atoms with van der Waals surface area (Å²) in [4.78, 5) is 4.29. The van der Waals surface area contributed by atoms with Gasteiger partial charge in [0.2, 0.25) is 0 Å². The van der Waals surface area contributed by atoms with E-state index in [1.54, 1.807) is 30.3 Å². The summed E-state index contributed by atoms with van der Waals surface area (Å²) in [5.41, 5.74) is 1.36. The number of halogens is 2.